The molecule has 26 heavy (non-hydrogen) atoms. The molecular weight excluding hydrogens is 353 g/mol. The highest BCUT2D eigenvalue weighted by molar-refractivity contribution is 7.16. The van der Waals surface area contributed by atoms with Gasteiger partial charge in [0.05, 0.1) is 10.2 Å². The van der Waals surface area contributed by atoms with Gasteiger partial charge in [-0.2, -0.15) is 0 Å². The van der Waals surface area contributed by atoms with Gasteiger partial charge in [0.1, 0.15) is 29.5 Å². The number of amides is 1. The van der Waals surface area contributed by atoms with Gasteiger partial charge in [-0.15, -0.1) is 11.3 Å². The Labute approximate surface area is 152 Å². The second-order valence-corrected chi connectivity index (χ2v) is 6.53. The van der Waals surface area contributed by atoms with E-state index in [9.17, 15) is 9.18 Å². The molecule has 5 nitrogen and oxygen atoms in total. The van der Waals surface area contributed by atoms with E-state index in [1.54, 1.807) is 23.7 Å². The van der Waals surface area contributed by atoms with Crippen molar-refractivity contribution in [2.24, 2.45) is 0 Å². The Morgan fingerprint density at radius 2 is 2.04 bits per heavy atom. The Morgan fingerprint density at radius 3 is 2.85 bits per heavy atom. The quantitative estimate of drug-likeness (QED) is 0.542. The van der Waals surface area contributed by atoms with Crippen molar-refractivity contribution in [3.63, 3.8) is 0 Å². The highest BCUT2D eigenvalue weighted by Crippen LogP contribution is 2.20. The zero-order chi connectivity index (χ0) is 17.9. The summed E-state index contributed by atoms with van der Waals surface area (Å²) in [5, 5.41) is 2.86. The zero-order valence-electron chi connectivity index (χ0n) is 13.5. The molecule has 0 saturated carbocycles. The van der Waals surface area contributed by atoms with Crippen LogP contribution in [0.3, 0.4) is 0 Å². The van der Waals surface area contributed by atoms with Crippen LogP contribution in [0.25, 0.3) is 10.3 Å². The summed E-state index contributed by atoms with van der Waals surface area (Å²) in [5.41, 5.74) is 4.46. The number of nitrogens with zero attached hydrogens (tertiary/aromatic N) is 1. The largest absolute Gasteiger partial charge is 0.489 e. The molecule has 0 aliphatic rings. The number of nitrogens with one attached hydrogen (secondary N) is 2. The molecule has 0 atom stereocenters. The lowest BCUT2D eigenvalue weighted by atomic mass is 10.2. The van der Waals surface area contributed by atoms with Crippen molar-refractivity contribution in [3.05, 3.63) is 77.2 Å². The van der Waals surface area contributed by atoms with Gasteiger partial charge in [-0.05, 0) is 48.0 Å². The summed E-state index contributed by atoms with van der Waals surface area (Å²) in [4.78, 5) is 19.5. The number of anilines is 1. The first-order valence-electron chi connectivity index (χ1n) is 7.88. The molecule has 2 heterocycles. The van der Waals surface area contributed by atoms with Gasteiger partial charge in [0, 0.05) is 5.69 Å². The van der Waals surface area contributed by atoms with Gasteiger partial charge in [-0.1, -0.05) is 12.1 Å². The molecule has 0 bridgehead atoms. The Hall–Kier alpha value is -3.19. The summed E-state index contributed by atoms with van der Waals surface area (Å²) >= 11 is 1.48. The van der Waals surface area contributed by atoms with E-state index in [0.29, 0.717) is 29.4 Å². The highest BCUT2D eigenvalue weighted by Gasteiger charge is 2.11. The minimum atomic E-state index is -0.304. The SMILES string of the molecule is O=C(Nc1cccc(COc2ccc(F)cc2)c1)c1cc2scnc2[nH]1. The second-order valence-electron chi connectivity index (χ2n) is 5.65. The molecule has 0 aliphatic heterocycles. The molecule has 7 heteroatoms. The average Bonchev–Trinajstić information content (AvgIpc) is 3.24. The Morgan fingerprint density at radius 1 is 1.19 bits per heavy atom. The van der Waals surface area contributed by atoms with E-state index < -0.39 is 0 Å². The number of H-pyrrole nitrogens is 1. The molecular formula is C19H14FN3O2S. The molecule has 0 aliphatic carbocycles. The molecule has 2 aromatic carbocycles. The first kappa shape index (κ1) is 16.3. The van der Waals surface area contributed by atoms with E-state index in [4.69, 9.17) is 4.74 Å². The number of fused-ring (bicyclic) bond motifs is 1. The number of aromatic amines is 1. The molecule has 0 saturated heterocycles. The van der Waals surface area contributed by atoms with Crippen LogP contribution in [0.2, 0.25) is 0 Å². The molecule has 0 fully saturated rings. The molecule has 1 amide bonds. The first-order chi connectivity index (χ1) is 12.7. The lowest BCUT2D eigenvalue weighted by Crippen LogP contribution is -2.12. The number of hydrogen-bond acceptors (Lipinski definition) is 4. The average molecular weight is 367 g/mol. The van der Waals surface area contributed by atoms with Crippen LogP contribution in [0.5, 0.6) is 5.75 Å². The molecule has 130 valence electrons. The minimum Gasteiger partial charge on any atom is -0.489 e. The van der Waals surface area contributed by atoms with E-state index in [-0.39, 0.29) is 11.7 Å². The maximum absolute atomic E-state index is 12.9. The van der Waals surface area contributed by atoms with Crippen molar-refractivity contribution >= 4 is 33.3 Å². The summed E-state index contributed by atoms with van der Waals surface area (Å²) in [7, 11) is 0. The number of halogens is 1. The number of carbonyl (C=O) groups excluding carboxylic acids is 1. The molecule has 4 rings (SSSR count). The summed E-state index contributed by atoms with van der Waals surface area (Å²) in [6.45, 7) is 0.317. The monoisotopic (exact) mass is 367 g/mol. The van der Waals surface area contributed by atoms with Crippen LogP contribution in [0.15, 0.2) is 60.1 Å². The van der Waals surface area contributed by atoms with Crippen molar-refractivity contribution in [2.75, 3.05) is 5.32 Å². The van der Waals surface area contributed by atoms with Crippen molar-refractivity contribution in [3.8, 4) is 5.75 Å². The smallest absolute Gasteiger partial charge is 0.272 e. The fourth-order valence-corrected chi connectivity index (χ4v) is 3.18. The van der Waals surface area contributed by atoms with Gasteiger partial charge < -0.3 is 15.0 Å². The summed E-state index contributed by atoms with van der Waals surface area (Å²) in [5.74, 6) is 0.0491. The fourth-order valence-electron chi connectivity index (χ4n) is 2.50. The second kappa shape index (κ2) is 6.97. The summed E-state index contributed by atoms with van der Waals surface area (Å²) < 4.78 is 19.5. The molecule has 0 spiro atoms. The molecule has 4 aromatic rings. The molecule has 2 N–H and O–H groups in total. The lowest BCUT2D eigenvalue weighted by Gasteiger charge is -2.09. The third kappa shape index (κ3) is 3.57. The maximum atomic E-state index is 12.9. The number of rotatable bonds is 5. The van der Waals surface area contributed by atoms with Crippen LogP contribution in [0, 0.1) is 5.82 Å². The van der Waals surface area contributed by atoms with Crippen molar-refractivity contribution in [2.45, 2.75) is 6.61 Å². The minimum absolute atomic E-state index is 0.230. The summed E-state index contributed by atoms with van der Waals surface area (Å²) in [6, 6.07) is 15.0. The predicted molar refractivity (Wildman–Crippen MR) is 99.1 cm³/mol. The van der Waals surface area contributed by atoms with E-state index in [0.717, 1.165) is 10.3 Å². The van der Waals surface area contributed by atoms with Gasteiger partial charge in [-0.3, -0.25) is 4.79 Å². The van der Waals surface area contributed by atoms with Crippen LogP contribution in [0.1, 0.15) is 16.1 Å². The number of ether oxygens (including phenoxy) is 1. The number of benzene rings is 2. The van der Waals surface area contributed by atoms with Crippen LogP contribution in [-0.4, -0.2) is 15.9 Å². The van der Waals surface area contributed by atoms with Gasteiger partial charge in [0.25, 0.3) is 5.91 Å². The highest BCUT2D eigenvalue weighted by atomic mass is 32.1. The van der Waals surface area contributed by atoms with Crippen LogP contribution >= 0.6 is 11.3 Å². The van der Waals surface area contributed by atoms with Gasteiger partial charge >= 0.3 is 0 Å². The Kier molecular flexibility index (Phi) is 4.37. The van der Waals surface area contributed by atoms with E-state index in [1.165, 1.54) is 23.5 Å². The number of aromatic nitrogens is 2. The molecule has 0 radical (unpaired) electrons. The lowest BCUT2D eigenvalue weighted by molar-refractivity contribution is 0.102. The van der Waals surface area contributed by atoms with Crippen molar-refractivity contribution in [1.29, 1.82) is 0 Å². The van der Waals surface area contributed by atoms with Crippen molar-refractivity contribution in [1.82, 2.24) is 9.97 Å². The Bertz CT molecular complexity index is 1030. The zero-order valence-corrected chi connectivity index (χ0v) is 14.3. The molecule has 0 unspecified atom stereocenters. The van der Waals surface area contributed by atoms with Crippen LogP contribution < -0.4 is 10.1 Å². The van der Waals surface area contributed by atoms with Gasteiger partial charge in [-0.25, -0.2) is 9.37 Å². The topological polar surface area (TPSA) is 67.0 Å². The summed E-state index contributed by atoms with van der Waals surface area (Å²) in [6.07, 6.45) is 0. The third-order valence-electron chi connectivity index (χ3n) is 3.77. The van der Waals surface area contributed by atoms with Gasteiger partial charge in [0.2, 0.25) is 0 Å². The maximum Gasteiger partial charge on any atom is 0.272 e. The standard InChI is InChI=1S/C19H14FN3O2S/c20-13-4-6-15(7-5-13)25-10-12-2-1-3-14(8-12)22-19(24)16-9-17-18(23-16)21-11-26-17/h1-9,11,23H,10H2,(H,22,24). The predicted octanol–water partition coefficient (Wildman–Crippen LogP) is 4.59. The van der Waals surface area contributed by atoms with Crippen molar-refractivity contribution < 1.29 is 13.9 Å². The van der Waals surface area contributed by atoms with Gasteiger partial charge in [0.15, 0.2) is 0 Å². The van der Waals surface area contributed by atoms with E-state index in [1.807, 2.05) is 24.3 Å². The van der Waals surface area contributed by atoms with Crippen LogP contribution in [-0.2, 0) is 6.61 Å². The number of thiazole rings is 1. The van der Waals surface area contributed by atoms with E-state index in [2.05, 4.69) is 15.3 Å². The van der Waals surface area contributed by atoms with E-state index >= 15 is 0 Å². The van der Waals surface area contributed by atoms with Crippen LogP contribution in [0.4, 0.5) is 10.1 Å². The third-order valence-corrected chi connectivity index (χ3v) is 4.55. The molecule has 2 aromatic heterocycles. The fraction of sp³-hybridized carbons (Fsp3) is 0.0526. The normalized spacial score (nSPS) is 10.8. The number of hydrogen-bond donors (Lipinski definition) is 2. The first-order valence-corrected chi connectivity index (χ1v) is 8.76. The Balaban J connectivity index is 1.42. The number of carbonyl (C=O) groups is 1.